The number of guanidine groups is 1. The number of aromatic nitrogens is 4. The third kappa shape index (κ3) is 4.41. The molecule has 0 saturated carbocycles. The molecule has 2 N–H and O–H groups in total. The predicted octanol–water partition coefficient (Wildman–Crippen LogP) is 1.81. The van der Waals surface area contributed by atoms with E-state index < -0.39 is 0 Å². The molecule has 0 radical (unpaired) electrons. The van der Waals surface area contributed by atoms with Crippen molar-refractivity contribution < 1.29 is 0 Å². The van der Waals surface area contributed by atoms with E-state index in [0.29, 0.717) is 18.6 Å². The van der Waals surface area contributed by atoms with Gasteiger partial charge in [-0.1, -0.05) is 0 Å². The van der Waals surface area contributed by atoms with Crippen LogP contribution in [0.1, 0.15) is 50.1 Å². The summed E-state index contributed by atoms with van der Waals surface area (Å²) < 4.78 is 3.88. The summed E-state index contributed by atoms with van der Waals surface area (Å²) in [6.07, 6.45) is 9.19. The normalized spacial score (nSPS) is 17.6. The maximum atomic E-state index is 4.76. The molecule has 2 aromatic rings. The van der Waals surface area contributed by atoms with E-state index in [1.165, 1.54) is 11.3 Å². The molecule has 0 fully saturated rings. The van der Waals surface area contributed by atoms with Gasteiger partial charge in [0.15, 0.2) is 5.96 Å². The first kappa shape index (κ1) is 17.5. The van der Waals surface area contributed by atoms with E-state index >= 15 is 0 Å². The van der Waals surface area contributed by atoms with Crippen molar-refractivity contribution in [3.63, 3.8) is 0 Å². The molecule has 136 valence electrons. The van der Waals surface area contributed by atoms with Gasteiger partial charge in [0, 0.05) is 50.1 Å². The number of rotatable bonds is 5. The highest BCUT2D eigenvalue weighted by atomic mass is 15.3. The maximum Gasteiger partial charge on any atom is 0.191 e. The van der Waals surface area contributed by atoms with Crippen LogP contribution in [-0.4, -0.2) is 38.1 Å². The average Bonchev–Trinajstić information content (AvgIpc) is 3.18. The summed E-state index contributed by atoms with van der Waals surface area (Å²) in [5.41, 5.74) is 3.73. The molecular formula is C18H29N7. The lowest BCUT2D eigenvalue weighted by Gasteiger charge is -2.24. The van der Waals surface area contributed by atoms with Crippen LogP contribution in [0.2, 0.25) is 0 Å². The first-order chi connectivity index (χ1) is 12.0. The molecule has 1 atom stereocenters. The van der Waals surface area contributed by atoms with Gasteiger partial charge in [0.05, 0.1) is 18.4 Å². The van der Waals surface area contributed by atoms with Gasteiger partial charge in [0.1, 0.15) is 0 Å². The van der Waals surface area contributed by atoms with Crippen molar-refractivity contribution >= 4 is 5.96 Å². The van der Waals surface area contributed by atoms with Crippen LogP contribution in [-0.2, 0) is 26.4 Å². The van der Waals surface area contributed by atoms with Gasteiger partial charge in [0.2, 0.25) is 0 Å². The van der Waals surface area contributed by atoms with Crippen molar-refractivity contribution in [1.29, 1.82) is 0 Å². The van der Waals surface area contributed by atoms with Crippen molar-refractivity contribution in [2.75, 3.05) is 6.54 Å². The van der Waals surface area contributed by atoms with Crippen LogP contribution >= 0.6 is 0 Å². The van der Waals surface area contributed by atoms with E-state index in [2.05, 4.69) is 47.4 Å². The van der Waals surface area contributed by atoms with Gasteiger partial charge in [-0.3, -0.25) is 9.36 Å². The van der Waals surface area contributed by atoms with Crippen molar-refractivity contribution in [2.24, 2.45) is 12.0 Å². The Labute approximate surface area is 149 Å². The summed E-state index contributed by atoms with van der Waals surface area (Å²) in [6, 6.07) is 0.782. The lowest BCUT2D eigenvalue weighted by molar-refractivity contribution is 0.499. The molecule has 0 saturated heterocycles. The fraction of sp³-hybridized carbons (Fsp3) is 0.611. The second-order valence-electron chi connectivity index (χ2n) is 6.98. The van der Waals surface area contributed by atoms with Gasteiger partial charge < -0.3 is 10.6 Å². The molecule has 0 bridgehead atoms. The fourth-order valence-corrected chi connectivity index (χ4v) is 3.14. The Morgan fingerprint density at radius 3 is 2.92 bits per heavy atom. The van der Waals surface area contributed by atoms with E-state index in [4.69, 9.17) is 10.1 Å². The molecule has 1 aliphatic carbocycles. The second-order valence-corrected chi connectivity index (χ2v) is 6.98. The third-order valence-corrected chi connectivity index (χ3v) is 4.49. The average molecular weight is 343 g/mol. The molecule has 1 unspecified atom stereocenters. The Bertz CT molecular complexity index is 726. The molecule has 2 aromatic heterocycles. The minimum Gasteiger partial charge on any atom is -0.357 e. The minimum absolute atomic E-state index is 0.370. The number of hydrogen-bond donors (Lipinski definition) is 2. The van der Waals surface area contributed by atoms with E-state index in [0.717, 1.165) is 37.3 Å². The highest BCUT2D eigenvalue weighted by molar-refractivity contribution is 5.80. The topological polar surface area (TPSA) is 72.1 Å². The van der Waals surface area contributed by atoms with Crippen LogP contribution in [0.3, 0.4) is 0 Å². The molecule has 7 nitrogen and oxygen atoms in total. The molecule has 2 heterocycles. The number of fused-ring (bicyclic) bond motifs is 1. The first-order valence-corrected chi connectivity index (χ1v) is 9.14. The number of aliphatic imine (C=N–C) groups is 1. The van der Waals surface area contributed by atoms with E-state index in [9.17, 15) is 0 Å². The van der Waals surface area contributed by atoms with Crippen molar-refractivity contribution in [1.82, 2.24) is 30.2 Å². The molecule has 0 aromatic carbocycles. The Morgan fingerprint density at radius 2 is 2.24 bits per heavy atom. The summed E-state index contributed by atoms with van der Waals surface area (Å²) in [7, 11) is 1.92. The van der Waals surface area contributed by atoms with Crippen LogP contribution in [0.25, 0.3) is 0 Å². The van der Waals surface area contributed by atoms with E-state index in [-0.39, 0.29) is 0 Å². The highest BCUT2D eigenvalue weighted by Gasteiger charge is 2.23. The van der Waals surface area contributed by atoms with Crippen LogP contribution in [0.5, 0.6) is 0 Å². The molecule has 0 spiro atoms. The van der Waals surface area contributed by atoms with Gasteiger partial charge in [0.25, 0.3) is 0 Å². The number of aryl methyl sites for hydroxylation is 2. The Hall–Kier alpha value is -2.31. The Kier molecular flexibility index (Phi) is 5.40. The first-order valence-electron chi connectivity index (χ1n) is 9.14. The number of hydrogen-bond acceptors (Lipinski definition) is 3. The zero-order chi connectivity index (χ0) is 17.8. The van der Waals surface area contributed by atoms with Crippen molar-refractivity contribution in [3.8, 4) is 0 Å². The number of nitrogens with zero attached hydrogens (tertiary/aromatic N) is 5. The summed E-state index contributed by atoms with van der Waals surface area (Å²) in [5, 5.41) is 15.9. The van der Waals surface area contributed by atoms with Crippen LogP contribution in [0.4, 0.5) is 0 Å². The molecule has 3 rings (SSSR count). The van der Waals surface area contributed by atoms with Gasteiger partial charge in [-0.2, -0.15) is 10.2 Å². The highest BCUT2D eigenvalue weighted by Crippen LogP contribution is 2.21. The van der Waals surface area contributed by atoms with E-state index in [1.54, 1.807) is 4.68 Å². The van der Waals surface area contributed by atoms with Gasteiger partial charge in [-0.25, -0.2) is 4.99 Å². The minimum atomic E-state index is 0.370. The van der Waals surface area contributed by atoms with Crippen LogP contribution < -0.4 is 10.6 Å². The molecule has 25 heavy (non-hydrogen) atoms. The molecule has 7 heteroatoms. The smallest absolute Gasteiger partial charge is 0.191 e. The third-order valence-electron chi connectivity index (χ3n) is 4.49. The second kappa shape index (κ2) is 7.72. The summed E-state index contributed by atoms with van der Waals surface area (Å²) in [5.74, 6) is 0.864. The van der Waals surface area contributed by atoms with Crippen molar-refractivity contribution in [3.05, 3.63) is 35.4 Å². The lowest BCUT2D eigenvalue weighted by Crippen LogP contribution is -2.45. The van der Waals surface area contributed by atoms with E-state index in [1.807, 2.05) is 19.4 Å². The zero-order valence-corrected chi connectivity index (χ0v) is 15.7. The summed E-state index contributed by atoms with van der Waals surface area (Å²) in [6.45, 7) is 7.90. The summed E-state index contributed by atoms with van der Waals surface area (Å²) >= 11 is 0. The maximum absolute atomic E-state index is 4.76. The number of nitrogens with one attached hydrogen (secondary N) is 2. The van der Waals surface area contributed by atoms with Gasteiger partial charge >= 0.3 is 0 Å². The molecule has 0 amide bonds. The predicted molar refractivity (Wildman–Crippen MR) is 99.6 cm³/mol. The molecule has 1 aliphatic rings. The lowest BCUT2D eigenvalue weighted by atomic mass is 9.94. The molecular weight excluding hydrogens is 314 g/mol. The van der Waals surface area contributed by atoms with Crippen LogP contribution in [0.15, 0.2) is 23.6 Å². The van der Waals surface area contributed by atoms with Gasteiger partial charge in [-0.05, 0) is 39.2 Å². The SMILES string of the molecule is CCNC(=NCc1cnn(C)c1)NC1CCc2cn(C(C)C)nc2C1. The van der Waals surface area contributed by atoms with Crippen LogP contribution in [0, 0.1) is 0 Å². The fourth-order valence-electron chi connectivity index (χ4n) is 3.14. The summed E-state index contributed by atoms with van der Waals surface area (Å²) in [4.78, 5) is 4.70. The van der Waals surface area contributed by atoms with Crippen molar-refractivity contribution in [2.45, 2.75) is 58.7 Å². The Balaban J connectivity index is 1.64. The van der Waals surface area contributed by atoms with Gasteiger partial charge in [-0.15, -0.1) is 0 Å². The monoisotopic (exact) mass is 343 g/mol. The zero-order valence-electron chi connectivity index (χ0n) is 15.7. The Morgan fingerprint density at radius 1 is 1.40 bits per heavy atom. The quantitative estimate of drug-likeness (QED) is 0.641. The molecule has 0 aliphatic heterocycles. The largest absolute Gasteiger partial charge is 0.357 e. The standard InChI is InChI=1S/C18H29N7/c1-5-19-18(20-9-14-10-21-24(4)11-14)22-16-7-6-15-12-25(13(2)3)23-17(15)8-16/h10-13,16H,5-9H2,1-4H3,(H2,19,20,22).